The maximum atomic E-state index is 11.7. The molecule has 5 heteroatoms. The second-order valence-electron chi connectivity index (χ2n) is 3.64. The fraction of sp³-hybridized carbons (Fsp3) is 0.0769. The van der Waals surface area contributed by atoms with Gasteiger partial charge in [-0.2, -0.15) is 5.10 Å². The van der Waals surface area contributed by atoms with Gasteiger partial charge in [0.15, 0.2) is 0 Å². The summed E-state index contributed by atoms with van der Waals surface area (Å²) < 4.78 is 6.01. The number of rotatable bonds is 3. The fourth-order valence-corrected chi connectivity index (χ4v) is 1.85. The highest BCUT2D eigenvalue weighted by Gasteiger charge is 2.09. The number of nitrogens with zero attached hydrogens (tertiary/aromatic N) is 1. The smallest absolute Gasteiger partial charge is 0.274 e. The Hall–Kier alpha value is -1.88. The van der Waals surface area contributed by atoms with Crippen LogP contribution < -0.4 is 5.43 Å². The van der Waals surface area contributed by atoms with Gasteiger partial charge in [0.1, 0.15) is 5.76 Å². The normalized spacial score (nSPS) is 10.8. The first-order chi connectivity index (χ1) is 8.66. The monoisotopic (exact) mass is 306 g/mol. The summed E-state index contributed by atoms with van der Waals surface area (Å²) in [5, 5.41) is 3.89. The Morgan fingerprint density at radius 3 is 2.94 bits per heavy atom. The first kappa shape index (κ1) is 12.6. The zero-order chi connectivity index (χ0) is 13.0. The lowest BCUT2D eigenvalue weighted by Gasteiger charge is -1.97. The number of aryl methyl sites for hydroxylation is 1. The van der Waals surface area contributed by atoms with E-state index in [2.05, 4.69) is 26.5 Å². The van der Waals surface area contributed by atoms with E-state index >= 15 is 0 Å². The highest BCUT2D eigenvalue weighted by atomic mass is 79.9. The van der Waals surface area contributed by atoms with Crippen LogP contribution in [0, 0.1) is 6.92 Å². The lowest BCUT2D eigenvalue weighted by molar-refractivity contribution is 0.0953. The van der Waals surface area contributed by atoms with Crippen LogP contribution in [0.3, 0.4) is 0 Å². The van der Waals surface area contributed by atoms with Crippen molar-refractivity contribution in [3.63, 3.8) is 0 Å². The molecule has 4 nitrogen and oxygen atoms in total. The van der Waals surface area contributed by atoms with Crippen molar-refractivity contribution in [3.05, 3.63) is 58.0 Å². The third-order valence-electron chi connectivity index (χ3n) is 2.33. The van der Waals surface area contributed by atoms with Gasteiger partial charge in [-0.15, -0.1) is 0 Å². The van der Waals surface area contributed by atoms with Gasteiger partial charge in [-0.05, 0) is 30.7 Å². The molecule has 0 saturated carbocycles. The van der Waals surface area contributed by atoms with Crippen LogP contribution in [-0.2, 0) is 0 Å². The molecule has 0 radical (unpaired) electrons. The van der Waals surface area contributed by atoms with E-state index in [0.717, 1.165) is 10.0 Å². The number of benzene rings is 1. The molecule has 0 aliphatic rings. The zero-order valence-electron chi connectivity index (χ0n) is 9.68. The van der Waals surface area contributed by atoms with Crippen molar-refractivity contribution in [1.82, 2.24) is 5.43 Å². The molecule has 0 aliphatic carbocycles. The van der Waals surface area contributed by atoms with Gasteiger partial charge in [-0.1, -0.05) is 28.1 Å². The average molecular weight is 307 g/mol. The van der Waals surface area contributed by atoms with Crippen molar-refractivity contribution >= 4 is 28.1 Å². The molecule has 2 aromatic rings. The van der Waals surface area contributed by atoms with E-state index in [4.69, 9.17) is 4.42 Å². The molecule has 0 unspecified atom stereocenters. The highest BCUT2D eigenvalue weighted by Crippen LogP contribution is 2.10. The molecule has 0 spiro atoms. The van der Waals surface area contributed by atoms with Crippen LogP contribution >= 0.6 is 15.9 Å². The van der Waals surface area contributed by atoms with Crippen LogP contribution in [0.25, 0.3) is 0 Å². The Labute approximate surface area is 113 Å². The summed E-state index contributed by atoms with van der Waals surface area (Å²) in [7, 11) is 0. The van der Waals surface area contributed by atoms with Gasteiger partial charge in [-0.25, -0.2) is 5.43 Å². The summed E-state index contributed by atoms with van der Waals surface area (Å²) in [5.74, 6) is 0.289. The van der Waals surface area contributed by atoms with Crippen LogP contribution in [0.5, 0.6) is 0 Å². The maximum Gasteiger partial charge on any atom is 0.274 e. The van der Waals surface area contributed by atoms with Crippen LogP contribution in [0.2, 0.25) is 0 Å². The summed E-state index contributed by atoms with van der Waals surface area (Å²) >= 11 is 3.36. The number of halogens is 1. The summed E-state index contributed by atoms with van der Waals surface area (Å²) in [6.45, 7) is 1.73. The van der Waals surface area contributed by atoms with Gasteiger partial charge in [-0.3, -0.25) is 4.79 Å². The molecule has 92 valence electrons. The SMILES string of the molecule is Cc1occc1C(=O)NN=Cc1cccc(Br)c1. The van der Waals surface area contributed by atoms with Crippen molar-refractivity contribution < 1.29 is 9.21 Å². The molecule has 1 aromatic carbocycles. The average Bonchev–Trinajstić information content (AvgIpc) is 2.75. The molecule has 2 rings (SSSR count). The van der Waals surface area contributed by atoms with E-state index in [0.29, 0.717) is 11.3 Å². The van der Waals surface area contributed by atoms with E-state index in [-0.39, 0.29) is 5.91 Å². The van der Waals surface area contributed by atoms with Crippen molar-refractivity contribution in [2.24, 2.45) is 5.10 Å². The summed E-state index contributed by atoms with van der Waals surface area (Å²) in [6.07, 6.45) is 3.06. The highest BCUT2D eigenvalue weighted by molar-refractivity contribution is 9.10. The number of carbonyl (C=O) groups is 1. The van der Waals surface area contributed by atoms with Crippen molar-refractivity contribution in [2.45, 2.75) is 6.92 Å². The lowest BCUT2D eigenvalue weighted by atomic mass is 10.2. The first-order valence-corrected chi connectivity index (χ1v) is 6.09. The Balaban J connectivity index is 2.00. The van der Waals surface area contributed by atoms with Crippen LogP contribution in [-0.4, -0.2) is 12.1 Å². The quantitative estimate of drug-likeness (QED) is 0.699. The van der Waals surface area contributed by atoms with Gasteiger partial charge in [0, 0.05) is 4.47 Å². The van der Waals surface area contributed by atoms with Gasteiger partial charge in [0.05, 0.1) is 18.0 Å². The van der Waals surface area contributed by atoms with Gasteiger partial charge in [0.25, 0.3) is 5.91 Å². The molecular weight excluding hydrogens is 296 g/mol. The number of hydrogen-bond donors (Lipinski definition) is 1. The number of hydrazone groups is 1. The zero-order valence-corrected chi connectivity index (χ0v) is 11.3. The van der Waals surface area contributed by atoms with E-state index in [9.17, 15) is 4.79 Å². The third-order valence-corrected chi connectivity index (χ3v) is 2.83. The Kier molecular flexibility index (Phi) is 3.94. The van der Waals surface area contributed by atoms with E-state index in [1.807, 2.05) is 24.3 Å². The summed E-state index contributed by atoms with van der Waals surface area (Å²) in [4.78, 5) is 11.7. The second-order valence-corrected chi connectivity index (χ2v) is 4.56. The molecule has 18 heavy (non-hydrogen) atoms. The second kappa shape index (κ2) is 5.64. The predicted molar refractivity (Wildman–Crippen MR) is 72.6 cm³/mol. The van der Waals surface area contributed by atoms with E-state index in [1.165, 1.54) is 6.26 Å². The standard InChI is InChI=1S/C13H11BrN2O2/c1-9-12(5-6-18-9)13(17)16-15-8-10-3-2-4-11(14)7-10/h2-8H,1H3,(H,16,17). The predicted octanol–water partition coefficient (Wildman–Crippen LogP) is 3.11. The van der Waals surface area contributed by atoms with Crippen LogP contribution in [0.1, 0.15) is 21.7 Å². The van der Waals surface area contributed by atoms with Gasteiger partial charge in [0.2, 0.25) is 0 Å². The minimum Gasteiger partial charge on any atom is -0.469 e. The number of hydrogen-bond acceptors (Lipinski definition) is 3. The Bertz CT molecular complexity index is 590. The first-order valence-electron chi connectivity index (χ1n) is 5.30. The molecule has 0 aliphatic heterocycles. The molecule has 1 N–H and O–H groups in total. The maximum absolute atomic E-state index is 11.7. The summed E-state index contributed by atoms with van der Waals surface area (Å²) in [6, 6.07) is 9.22. The largest absolute Gasteiger partial charge is 0.469 e. The third kappa shape index (κ3) is 3.07. The van der Waals surface area contributed by atoms with Crippen LogP contribution in [0.4, 0.5) is 0 Å². The lowest BCUT2D eigenvalue weighted by Crippen LogP contribution is -2.17. The molecule has 0 fully saturated rings. The van der Waals surface area contributed by atoms with Crippen molar-refractivity contribution in [1.29, 1.82) is 0 Å². The molecule has 1 heterocycles. The molecule has 1 amide bonds. The number of carbonyl (C=O) groups excluding carboxylic acids is 1. The van der Waals surface area contributed by atoms with Crippen molar-refractivity contribution in [3.8, 4) is 0 Å². The minimum absolute atomic E-state index is 0.285. The molecule has 1 aromatic heterocycles. The molecule has 0 bridgehead atoms. The number of furan rings is 1. The molecule has 0 saturated heterocycles. The van der Waals surface area contributed by atoms with E-state index < -0.39 is 0 Å². The van der Waals surface area contributed by atoms with Gasteiger partial charge >= 0.3 is 0 Å². The molecular formula is C13H11BrN2O2. The Morgan fingerprint density at radius 2 is 2.28 bits per heavy atom. The topological polar surface area (TPSA) is 54.6 Å². The fourth-order valence-electron chi connectivity index (χ4n) is 1.43. The van der Waals surface area contributed by atoms with Gasteiger partial charge < -0.3 is 4.42 Å². The number of nitrogens with one attached hydrogen (secondary N) is 1. The summed E-state index contributed by atoms with van der Waals surface area (Å²) in [5.41, 5.74) is 3.83. The Morgan fingerprint density at radius 1 is 1.44 bits per heavy atom. The van der Waals surface area contributed by atoms with Crippen molar-refractivity contribution in [2.75, 3.05) is 0 Å². The minimum atomic E-state index is -0.285. The number of amides is 1. The van der Waals surface area contributed by atoms with Crippen LogP contribution in [0.15, 0.2) is 50.6 Å². The van der Waals surface area contributed by atoms with E-state index in [1.54, 1.807) is 19.2 Å². The molecule has 0 atom stereocenters.